The number of allylic oxidation sites excluding steroid dienone is 4. The van der Waals surface area contributed by atoms with Crippen molar-refractivity contribution in [2.24, 2.45) is 11.5 Å². The molecule has 0 aromatic rings. The smallest absolute Gasteiger partial charge is 0.314 e. The number of hydrogen-bond acceptors (Lipinski definition) is 8. The van der Waals surface area contributed by atoms with Gasteiger partial charge in [0, 0.05) is 0 Å². The van der Waals surface area contributed by atoms with Gasteiger partial charge in [-0.3, -0.25) is 9.59 Å². The third-order valence-electron chi connectivity index (χ3n) is 1.69. The Hall–Kier alpha value is -4.02. The van der Waals surface area contributed by atoms with Crippen molar-refractivity contribution in [3.8, 4) is 24.3 Å². The van der Waals surface area contributed by atoms with Crippen LogP contribution in [-0.4, -0.2) is 11.8 Å². The Balaban J connectivity index is 5.09. The lowest BCUT2D eigenvalue weighted by Gasteiger charge is -2.04. The lowest BCUT2D eigenvalue weighted by atomic mass is 10.3. The van der Waals surface area contributed by atoms with Crippen molar-refractivity contribution in [2.75, 3.05) is 0 Å². The van der Waals surface area contributed by atoms with Crippen molar-refractivity contribution in [1.82, 2.24) is 10.6 Å². The highest BCUT2D eigenvalue weighted by atomic mass is 16.2. The van der Waals surface area contributed by atoms with E-state index in [4.69, 9.17) is 32.5 Å². The second-order valence-corrected chi connectivity index (χ2v) is 2.93. The zero-order valence-corrected chi connectivity index (χ0v) is 9.76. The van der Waals surface area contributed by atoms with E-state index in [9.17, 15) is 9.59 Å². The summed E-state index contributed by atoms with van der Waals surface area (Å²) in [6.45, 7) is 0. The van der Waals surface area contributed by atoms with Gasteiger partial charge >= 0.3 is 11.8 Å². The Morgan fingerprint density at radius 2 is 1.00 bits per heavy atom. The number of nitrogens with one attached hydrogen (secondary N) is 2. The van der Waals surface area contributed by atoms with Crippen LogP contribution in [0.25, 0.3) is 0 Å². The van der Waals surface area contributed by atoms with Gasteiger partial charge in [-0.25, -0.2) is 0 Å². The van der Waals surface area contributed by atoms with E-state index in [1.165, 1.54) is 24.3 Å². The monoisotopic (exact) mass is 270 g/mol. The zero-order chi connectivity index (χ0) is 15.7. The minimum absolute atomic E-state index is 0.596. The van der Waals surface area contributed by atoms with Crippen LogP contribution in [0.15, 0.2) is 22.8 Å². The molecular weight excluding hydrogens is 264 g/mol. The number of rotatable bonds is 2. The Morgan fingerprint density at radius 1 is 0.700 bits per heavy atom. The molecule has 0 saturated heterocycles. The number of nitrogens with zero attached hydrogens (tertiary/aromatic N) is 4. The van der Waals surface area contributed by atoms with Crippen LogP contribution < -0.4 is 22.1 Å². The van der Waals surface area contributed by atoms with Crippen LogP contribution in [0.2, 0.25) is 0 Å². The first-order chi connectivity index (χ1) is 9.40. The average Bonchev–Trinajstić information content (AvgIpc) is 2.47. The molecule has 0 aromatic heterocycles. The van der Waals surface area contributed by atoms with Gasteiger partial charge in [-0.2, -0.15) is 21.0 Å². The Morgan fingerprint density at radius 3 is 1.20 bits per heavy atom. The highest BCUT2D eigenvalue weighted by molar-refractivity contribution is 6.36. The normalized spacial score (nSPS) is 11.2. The van der Waals surface area contributed by atoms with Crippen LogP contribution in [0.5, 0.6) is 0 Å². The summed E-state index contributed by atoms with van der Waals surface area (Å²) < 4.78 is 0. The van der Waals surface area contributed by atoms with Crippen LogP contribution in [0.4, 0.5) is 0 Å². The SMILES string of the molecule is N#C/C(N)=C(/C#N)NC(=O)C(=O)N/C(C#N)=C(/N)C#N. The van der Waals surface area contributed by atoms with E-state index in [1.54, 1.807) is 10.6 Å². The Kier molecular flexibility index (Phi) is 5.86. The highest BCUT2D eigenvalue weighted by Gasteiger charge is 2.18. The van der Waals surface area contributed by atoms with Gasteiger partial charge in [0.15, 0.2) is 11.4 Å². The molecule has 6 N–H and O–H groups in total. The summed E-state index contributed by atoms with van der Waals surface area (Å²) >= 11 is 0. The summed E-state index contributed by atoms with van der Waals surface area (Å²) in [7, 11) is 0. The van der Waals surface area contributed by atoms with Crippen molar-refractivity contribution in [2.45, 2.75) is 0 Å². The number of nitrogens with two attached hydrogens (primary N) is 2. The summed E-state index contributed by atoms with van der Waals surface area (Å²) in [5.41, 5.74) is 7.76. The van der Waals surface area contributed by atoms with Crippen molar-refractivity contribution >= 4 is 11.8 Å². The number of carbonyl (C=O) groups is 2. The molecule has 0 atom stereocenters. The number of hydrogen-bond donors (Lipinski definition) is 4. The van der Waals surface area contributed by atoms with E-state index < -0.39 is 34.6 Å². The Bertz CT molecular complexity index is 614. The molecule has 0 aliphatic carbocycles. The van der Waals surface area contributed by atoms with Gasteiger partial charge in [0.25, 0.3) is 0 Å². The molecule has 0 spiro atoms. The van der Waals surface area contributed by atoms with Crippen LogP contribution in [0, 0.1) is 45.3 Å². The summed E-state index contributed by atoms with van der Waals surface area (Å²) in [6, 6.07) is 5.62. The molecule has 0 aromatic carbocycles. The number of nitriles is 4. The zero-order valence-electron chi connectivity index (χ0n) is 9.76. The number of amides is 2. The minimum Gasteiger partial charge on any atom is -0.388 e. The number of carbonyl (C=O) groups excluding carboxylic acids is 2. The predicted molar refractivity (Wildman–Crippen MR) is 61.2 cm³/mol. The second-order valence-electron chi connectivity index (χ2n) is 2.93. The van der Waals surface area contributed by atoms with Gasteiger partial charge in [0.05, 0.1) is 0 Å². The molecule has 0 aliphatic heterocycles. The summed E-state index contributed by atoms with van der Waals surface area (Å²) in [5.74, 6) is -2.73. The maximum atomic E-state index is 11.4. The molecule has 0 rings (SSSR count). The maximum Gasteiger partial charge on any atom is 0.314 e. The van der Waals surface area contributed by atoms with Gasteiger partial charge in [0.1, 0.15) is 35.7 Å². The van der Waals surface area contributed by atoms with Gasteiger partial charge in [-0.15, -0.1) is 0 Å². The molecule has 0 aliphatic rings. The Labute approximate surface area is 112 Å². The fraction of sp³-hybridized carbons (Fsp3) is 0. The minimum atomic E-state index is -1.36. The highest BCUT2D eigenvalue weighted by Crippen LogP contribution is 1.94. The fourth-order valence-electron chi connectivity index (χ4n) is 0.763. The van der Waals surface area contributed by atoms with Crippen molar-refractivity contribution in [3.05, 3.63) is 22.8 Å². The van der Waals surface area contributed by atoms with E-state index in [0.29, 0.717) is 0 Å². The first-order valence-corrected chi connectivity index (χ1v) is 4.63. The van der Waals surface area contributed by atoms with Crippen molar-refractivity contribution in [3.63, 3.8) is 0 Å². The lowest BCUT2D eigenvalue weighted by molar-refractivity contribution is -0.138. The van der Waals surface area contributed by atoms with E-state index >= 15 is 0 Å². The third-order valence-corrected chi connectivity index (χ3v) is 1.69. The first-order valence-electron chi connectivity index (χ1n) is 4.63. The molecule has 0 unspecified atom stereocenters. The topological polar surface area (TPSA) is 205 Å². The molecule has 0 bridgehead atoms. The second kappa shape index (κ2) is 7.33. The lowest BCUT2D eigenvalue weighted by Crippen LogP contribution is -2.40. The largest absolute Gasteiger partial charge is 0.388 e. The predicted octanol–water partition coefficient (Wildman–Crippen LogP) is -2.35. The van der Waals surface area contributed by atoms with Gasteiger partial charge in [-0.05, 0) is 0 Å². The standard InChI is InChI=1S/C10H6N8O2/c11-1-5(15)7(3-13)17-9(19)10(20)18-8(4-14)6(16)2-12/h15-16H2,(H,17,19)(H,18,20)/b7-5+,8-6+. The maximum absolute atomic E-state index is 11.4. The van der Waals surface area contributed by atoms with E-state index in [0.717, 1.165) is 0 Å². The van der Waals surface area contributed by atoms with Gasteiger partial charge in [-0.1, -0.05) is 0 Å². The van der Waals surface area contributed by atoms with Crippen LogP contribution in [0.3, 0.4) is 0 Å². The molecule has 0 fully saturated rings. The molecule has 2 amide bonds. The molecule has 0 saturated carbocycles. The van der Waals surface area contributed by atoms with Crippen LogP contribution in [0.1, 0.15) is 0 Å². The molecule has 0 radical (unpaired) electrons. The summed E-state index contributed by atoms with van der Waals surface area (Å²) in [4.78, 5) is 22.7. The summed E-state index contributed by atoms with van der Waals surface area (Å²) in [5, 5.41) is 37.6. The first kappa shape index (κ1) is 16.0. The molecule has 10 nitrogen and oxygen atoms in total. The average molecular weight is 270 g/mol. The fourth-order valence-corrected chi connectivity index (χ4v) is 0.763. The molecular formula is C10H6N8O2. The van der Waals surface area contributed by atoms with Gasteiger partial charge < -0.3 is 22.1 Å². The quantitative estimate of drug-likeness (QED) is 0.315. The summed E-state index contributed by atoms with van der Waals surface area (Å²) in [6.07, 6.45) is 0. The van der Waals surface area contributed by atoms with E-state index in [1.807, 2.05) is 0 Å². The van der Waals surface area contributed by atoms with Crippen molar-refractivity contribution in [1.29, 1.82) is 21.0 Å². The van der Waals surface area contributed by atoms with E-state index in [2.05, 4.69) is 0 Å². The van der Waals surface area contributed by atoms with Gasteiger partial charge in [0.2, 0.25) is 0 Å². The molecule has 0 heterocycles. The third kappa shape index (κ3) is 4.10. The molecule has 98 valence electrons. The molecule has 20 heavy (non-hydrogen) atoms. The van der Waals surface area contributed by atoms with Crippen LogP contribution in [-0.2, 0) is 9.59 Å². The van der Waals surface area contributed by atoms with Crippen molar-refractivity contribution < 1.29 is 9.59 Å². The molecule has 10 heteroatoms. The van der Waals surface area contributed by atoms with Crippen LogP contribution >= 0.6 is 0 Å². The van der Waals surface area contributed by atoms with E-state index in [-0.39, 0.29) is 0 Å².